The molecule has 0 aliphatic carbocycles. The molecule has 0 saturated carbocycles. The summed E-state index contributed by atoms with van der Waals surface area (Å²) in [6.07, 6.45) is 3.69. The van der Waals surface area contributed by atoms with Gasteiger partial charge in [-0.15, -0.1) is 0 Å². The summed E-state index contributed by atoms with van der Waals surface area (Å²) in [5.74, 6) is 1.66. The molecule has 0 spiro atoms. The maximum absolute atomic E-state index is 5.83. The number of ether oxygens (including phenoxy) is 1. The summed E-state index contributed by atoms with van der Waals surface area (Å²) in [6.45, 7) is 9.86. The summed E-state index contributed by atoms with van der Waals surface area (Å²) in [7, 11) is 0. The molecular weight excluding hydrogens is 234 g/mol. The Morgan fingerprint density at radius 3 is 2.63 bits per heavy atom. The molecule has 19 heavy (non-hydrogen) atoms. The first-order valence-corrected chi connectivity index (χ1v) is 7.67. The lowest BCUT2D eigenvalue weighted by molar-refractivity contribution is 0.195. The number of rotatable bonds is 7. The third kappa shape index (κ3) is 3.11. The molecule has 1 atom stereocenters. The predicted molar refractivity (Wildman–Crippen MR) is 80.9 cm³/mol. The van der Waals surface area contributed by atoms with Crippen molar-refractivity contribution in [2.75, 3.05) is 19.7 Å². The standard InChI is InChI=1S/C17H27NO/c1-4-17(5-2,13-18-6-3)11-14-12-19-16-10-8-7-9-15(14)16/h7-10,14,18H,4-6,11-13H2,1-3H3. The molecule has 2 heteroatoms. The van der Waals surface area contributed by atoms with E-state index in [1.165, 1.54) is 24.8 Å². The van der Waals surface area contributed by atoms with Crippen molar-refractivity contribution in [3.8, 4) is 5.75 Å². The minimum Gasteiger partial charge on any atom is -0.493 e. The summed E-state index contributed by atoms with van der Waals surface area (Å²) in [4.78, 5) is 0. The molecule has 0 bridgehead atoms. The molecule has 1 aromatic rings. The summed E-state index contributed by atoms with van der Waals surface area (Å²) in [5.41, 5.74) is 1.81. The highest BCUT2D eigenvalue weighted by Gasteiger charge is 2.33. The Balaban J connectivity index is 2.10. The number of fused-ring (bicyclic) bond motifs is 1. The zero-order chi connectivity index (χ0) is 13.7. The third-order valence-electron chi connectivity index (χ3n) is 4.73. The average molecular weight is 261 g/mol. The Morgan fingerprint density at radius 1 is 1.21 bits per heavy atom. The second kappa shape index (κ2) is 6.42. The van der Waals surface area contributed by atoms with Gasteiger partial charge in [0.25, 0.3) is 0 Å². The molecule has 1 aliphatic heterocycles. The smallest absolute Gasteiger partial charge is 0.122 e. The molecule has 0 fully saturated rings. The lowest BCUT2D eigenvalue weighted by atomic mass is 9.73. The summed E-state index contributed by atoms with van der Waals surface area (Å²) < 4.78 is 5.83. The Bertz CT molecular complexity index is 398. The first-order chi connectivity index (χ1) is 9.24. The predicted octanol–water partition coefficient (Wildman–Crippen LogP) is 3.97. The topological polar surface area (TPSA) is 21.3 Å². The zero-order valence-corrected chi connectivity index (χ0v) is 12.5. The van der Waals surface area contributed by atoms with Crippen LogP contribution in [0.2, 0.25) is 0 Å². The third-order valence-corrected chi connectivity index (χ3v) is 4.73. The van der Waals surface area contributed by atoms with Crippen molar-refractivity contribution in [3.63, 3.8) is 0 Å². The molecule has 1 aromatic carbocycles. The van der Waals surface area contributed by atoms with Crippen LogP contribution in [0.15, 0.2) is 24.3 Å². The van der Waals surface area contributed by atoms with Gasteiger partial charge < -0.3 is 10.1 Å². The fraction of sp³-hybridized carbons (Fsp3) is 0.647. The van der Waals surface area contributed by atoms with Gasteiger partial charge in [0.1, 0.15) is 5.75 Å². The van der Waals surface area contributed by atoms with Crippen molar-refractivity contribution >= 4 is 0 Å². The van der Waals surface area contributed by atoms with Crippen LogP contribution in [0.4, 0.5) is 0 Å². The van der Waals surface area contributed by atoms with Crippen molar-refractivity contribution in [1.82, 2.24) is 5.32 Å². The van der Waals surface area contributed by atoms with E-state index in [0.29, 0.717) is 11.3 Å². The molecule has 0 saturated heterocycles. The Labute approximate surface area is 117 Å². The van der Waals surface area contributed by atoms with E-state index in [4.69, 9.17) is 4.74 Å². The molecule has 1 heterocycles. The zero-order valence-electron chi connectivity index (χ0n) is 12.5. The van der Waals surface area contributed by atoms with Crippen LogP contribution < -0.4 is 10.1 Å². The Morgan fingerprint density at radius 2 is 1.95 bits per heavy atom. The molecular formula is C17H27NO. The molecule has 106 valence electrons. The number of hydrogen-bond acceptors (Lipinski definition) is 2. The number of para-hydroxylation sites is 1. The maximum atomic E-state index is 5.83. The van der Waals surface area contributed by atoms with Crippen molar-refractivity contribution in [3.05, 3.63) is 29.8 Å². The fourth-order valence-corrected chi connectivity index (χ4v) is 3.17. The average Bonchev–Trinajstić information content (AvgIpc) is 2.87. The van der Waals surface area contributed by atoms with Crippen LogP contribution in [0.5, 0.6) is 5.75 Å². The van der Waals surface area contributed by atoms with Crippen LogP contribution in [-0.4, -0.2) is 19.7 Å². The highest BCUT2D eigenvalue weighted by molar-refractivity contribution is 5.39. The van der Waals surface area contributed by atoms with Gasteiger partial charge in [-0.05, 0) is 37.3 Å². The summed E-state index contributed by atoms with van der Waals surface area (Å²) >= 11 is 0. The van der Waals surface area contributed by atoms with Crippen LogP contribution in [0.3, 0.4) is 0 Å². The van der Waals surface area contributed by atoms with E-state index < -0.39 is 0 Å². The minimum atomic E-state index is 0.404. The van der Waals surface area contributed by atoms with E-state index >= 15 is 0 Å². The van der Waals surface area contributed by atoms with Gasteiger partial charge in [0, 0.05) is 18.0 Å². The first kappa shape index (κ1) is 14.4. The maximum Gasteiger partial charge on any atom is 0.122 e. The molecule has 1 aliphatic rings. The number of benzene rings is 1. The van der Waals surface area contributed by atoms with Crippen molar-refractivity contribution < 1.29 is 4.74 Å². The Kier molecular flexibility index (Phi) is 4.87. The van der Waals surface area contributed by atoms with E-state index in [1.54, 1.807) is 0 Å². The highest BCUT2D eigenvalue weighted by Crippen LogP contribution is 2.43. The first-order valence-electron chi connectivity index (χ1n) is 7.67. The van der Waals surface area contributed by atoms with E-state index in [9.17, 15) is 0 Å². The minimum absolute atomic E-state index is 0.404. The molecule has 1 unspecified atom stereocenters. The molecule has 2 nitrogen and oxygen atoms in total. The lowest BCUT2D eigenvalue weighted by Crippen LogP contribution is -2.35. The van der Waals surface area contributed by atoms with Gasteiger partial charge in [-0.2, -0.15) is 0 Å². The molecule has 1 N–H and O–H groups in total. The van der Waals surface area contributed by atoms with Gasteiger partial charge in [0.2, 0.25) is 0 Å². The van der Waals surface area contributed by atoms with E-state index in [0.717, 1.165) is 25.4 Å². The molecule has 0 aromatic heterocycles. The number of nitrogens with one attached hydrogen (secondary N) is 1. The van der Waals surface area contributed by atoms with Crippen LogP contribution in [-0.2, 0) is 0 Å². The lowest BCUT2D eigenvalue weighted by Gasteiger charge is -2.34. The second-order valence-corrected chi connectivity index (χ2v) is 5.74. The van der Waals surface area contributed by atoms with E-state index in [-0.39, 0.29) is 0 Å². The van der Waals surface area contributed by atoms with Gasteiger partial charge in [-0.3, -0.25) is 0 Å². The van der Waals surface area contributed by atoms with Crippen LogP contribution >= 0.6 is 0 Å². The largest absolute Gasteiger partial charge is 0.493 e. The second-order valence-electron chi connectivity index (χ2n) is 5.74. The van der Waals surface area contributed by atoms with Gasteiger partial charge in [-0.1, -0.05) is 39.0 Å². The van der Waals surface area contributed by atoms with Crippen molar-refractivity contribution in [1.29, 1.82) is 0 Å². The van der Waals surface area contributed by atoms with Crippen LogP contribution in [0.25, 0.3) is 0 Å². The van der Waals surface area contributed by atoms with Crippen LogP contribution in [0.1, 0.15) is 51.5 Å². The van der Waals surface area contributed by atoms with Crippen molar-refractivity contribution in [2.24, 2.45) is 5.41 Å². The Hall–Kier alpha value is -1.02. The normalized spacial score (nSPS) is 18.2. The molecule has 2 rings (SSSR count). The van der Waals surface area contributed by atoms with E-state index in [2.05, 4.69) is 50.4 Å². The quantitative estimate of drug-likeness (QED) is 0.802. The SMILES string of the molecule is CCNCC(CC)(CC)CC1COc2ccccc21. The van der Waals surface area contributed by atoms with E-state index in [1.807, 2.05) is 0 Å². The van der Waals surface area contributed by atoms with Gasteiger partial charge in [0.15, 0.2) is 0 Å². The fourth-order valence-electron chi connectivity index (χ4n) is 3.17. The summed E-state index contributed by atoms with van der Waals surface area (Å²) in [6, 6.07) is 8.52. The van der Waals surface area contributed by atoms with Gasteiger partial charge in [0.05, 0.1) is 6.61 Å². The van der Waals surface area contributed by atoms with Crippen LogP contribution in [0, 0.1) is 5.41 Å². The van der Waals surface area contributed by atoms with Gasteiger partial charge in [-0.25, -0.2) is 0 Å². The molecule has 0 radical (unpaired) electrons. The monoisotopic (exact) mass is 261 g/mol. The summed E-state index contributed by atoms with van der Waals surface area (Å²) in [5, 5.41) is 3.55. The number of hydrogen-bond donors (Lipinski definition) is 1. The molecule has 0 amide bonds. The highest BCUT2D eigenvalue weighted by atomic mass is 16.5. The van der Waals surface area contributed by atoms with Gasteiger partial charge >= 0.3 is 0 Å². The van der Waals surface area contributed by atoms with Crippen molar-refractivity contribution in [2.45, 2.75) is 46.0 Å².